The van der Waals surface area contributed by atoms with E-state index in [0.717, 1.165) is 12.8 Å². The third-order valence-electron chi connectivity index (χ3n) is 2.03. The summed E-state index contributed by atoms with van der Waals surface area (Å²) in [4.78, 5) is 10.5. The van der Waals surface area contributed by atoms with Gasteiger partial charge in [-0.15, -0.1) is 0 Å². The molecule has 0 spiro atoms. The van der Waals surface area contributed by atoms with Gasteiger partial charge in [-0.1, -0.05) is 19.1 Å². The molecular weight excluding hydrogens is 128 g/mol. The number of aliphatic carboxylic acids is 1. The normalized spacial score (nSPS) is 32.1. The van der Waals surface area contributed by atoms with E-state index in [1.54, 1.807) is 6.08 Å². The van der Waals surface area contributed by atoms with Crippen molar-refractivity contribution in [3.05, 3.63) is 12.2 Å². The van der Waals surface area contributed by atoms with Crippen molar-refractivity contribution in [1.29, 1.82) is 0 Å². The first-order chi connectivity index (χ1) is 4.72. The highest BCUT2D eigenvalue weighted by atomic mass is 16.4. The van der Waals surface area contributed by atoms with Crippen molar-refractivity contribution in [3.63, 3.8) is 0 Å². The standard InChI is InChI=1S/C8H12O2/c1-6-4-2-3-5-7(6)8(9)10/h3,5-7H,2,4H2,1H3,(H,9,10)/t6-,7+/m1/s1. The first-order valence-corrected chi connectivity index (χ1v) is 3.61. The van der Waals surface area contributed by atoms with Gasteiger partial charge in [-0.25, -0.2) is 0 Å². The zero-order chi connectivity index (χ0) is 7.56. The molecular formula is C8H12O2. The van der Waals surface area contributed by atoms with E-state index in [1.807, 2.05) is 13.0 Å². The predicted molar refractivity (Wildman–Crippen MR) is 38.7 cm³/mol. The zero-order valence-corrected chi connectivity index (χ0v) is 6.08. The van der Waals surface area contributed by atoms with Crippen LogP contribution in [0.2, 0.25) is 0 Å². The number of carbonyl (C=O) groups is 1. The lowest BCUT2D eigenvalue weighted by Gasteiger charge is -2.19. The van der Waals surface area contributed by atoms with Crippen LogP contribution < -0.4 is 0 Å². The van der Waals surface area contributed by atoms with E-state index in [4.69, 9.17) is 5.11 Å². The molecule has 2 nitrogen and oxygen atoms in total. The summed E-state index contributed by atoms with van der Waals surface area (Å²) in [6, 6.07) is 0. The number of carboxylic acid groups (broad SMARTS) is 1. The molecule has 1 rings (SSSR count). The molecule has 0 aliphatic heterocycles. The van der Waals surface area contributed by atoms with Gasteiger partial charge >= 0.3 is 5.97 Å². The third kappa shape index (κ3) is 1.38. The first kappa shape index (κ1) is 7.32. The molecule has 1 N–H and O–H groups in total. The summed E-state index contributed by atoms with van der Waals surface area (Å²) < 4.78 is 0. The highest BCUT2D eigenvalue weighted by Gasteiger charge is 2.23. The van der Waals surface area contributed by atoms with Crippen LogP contribution in [0.5, 0.6) is 0 Å². The lowest BCUT2D eigenvalue weighted by atomic mass is 9.86. The molecule has 0 aromatic carbocycles. The minimum absolute atomic E-state index is 0.242. The van der Waals surface area contributed by atoms with Gasteiger partial charge in [0.15, 0.2) is 0 Å². The third-order valence-corrected chi connectivity index (χ3v) is 2.03. The van der Waals surface area contributed by atoms with Gasteiger partial charge < -0.3 is 5.11 Å². The topological polar surface area (TPSA) is 37.3 Å². The molecule has 0 aromatic heterocycles. The zero-order valence-electron chi connectivity index (χ0n) is 6.08. The van der Waals surface area contributed by atoms with Gasteiger partial charge in [0.25, 0.3) is 0 Å². The number of rotatable bonds is 1. The van der Waals surface area contributed by atoms with Crippen molar-refractivity contribution in [2.45, 2.75) is 19.8 Å². The molecule has 0 saturated carbocycles. The van der Waals surface area contributed by atoms with Crippen LogP contribution in [0.3, 0.4) is 0 Å². The Hall–Kier alpha value is -0.790. The van der Waals surface area contributed by atoms with Gasteiger partial charge in [0.2, 0.25) is 0 Å². The summed E-state index contributed by atoms with van der Waals surface area (Å²) in [5.74, 6) is -0.625. The Balaban J connectivity index is 2.64. The molecule has 0 aromatic rings. The molecule has 2 heteroatoms. The summed E-state index contributed by atoms with van der Waals surface area (Å²) in [5, 5.41) is 8.66. The van der Waals surface area contributed by atoms with Crippen LogP contribution in [0.15, 0.2) is 12.2 Å². The van der Waals surface area contributed by atoms with Gasteiger partial charge in [0, 0.05) is 0 Å². The molecule has 1 aliphatic carbocycles. The van der Waals surface area contributed by atoms with Crippen LogP contribution in [0.1, 0.15) is 19.8 Å². The Labute approximate surface area is 60.6 Å². The van der Waals surface area contributed by atoms with E-state index in [2.05, 4.69) is 0 Å². The van der Waals surface area contributed by atoms with E-state index in [1.165, 1.54) is 0 Å². The largest absolute Gasteiger partial charge is 0.481 e. The fourth-order valence-electron chi connectivity index (χ4n) is 1.30. The van der Waals surface area contributed by atoms with Gasteiger partial charge in [-0.3, -0.25) is 4.79 Å². The summed E-state index contributed by atoms with van der Waals surface area (Å²) >= 11 is 0. The maximum Gasteiger partial charge on any atom is 0.310 e. The van der Waals surface area contributed by atoms with Crippen LogP contribution in [-0.4, -0.2) is 11.1 Å². The second-order valence-electron chi connectivity index (χ2n) is 2.85. The van der Waals surface area contributed by atoms with Crippen molar-refractivity contribution in [2.75, 3.05) is 0 Å². The van der Waals surface area contributed by atoms with Crippen LogP contribution in [-0.2, 0) is 4.79 Å². The van der Waals surface area contributed by atoms with Crippen LogP contribution in [0.4, 0.5) is 0 Å². The van der Waals surface area contributed by atoms with E-state index in [0.29, 0.717) is 5.92 Å². The molecule has 56 valence electrons. The minimum Gasteiger partial charge on any atom is -0.481 e. The second-order valence-corrected chi connectivity index (χ2v) is 2.85. The molecule has 0 radical (unpaired) electrons. The average molecular weight is 140 g/mol. The Morgan fingerprint density at radius 3 is 2.80 bits per heavy atom. The van der Waals surface area contributed by atoms with Crippen molar-refractivity contribution in [2.24, 2.45) is 11.8 Å². The highest BCUT2D eigenvalue weighted by Crippen LogP contribution is 2.23. The van der Waals surface area contributed by atoms with E-state index in [-0.39, 0.29) is 5.92 Å². The van der Waals surface area contributed by atoms with Gasteiger partial charge in [0.1, 0.15) is 0 Å². The molecule has 0 amide bonds. The molecule has 2 atom stereocenters. The number of hydrogen-bond donors (Lipinski definition) is 1. The lowest BCUT2D eigenvalue weighted by Crippen LogP contribution is -2.21. The maximum atomic E-state index is 10.5. The molecule has 1 aliphatic rings. The van der Waals surface area contributed by atoms with Crippen molar-refractivity contribution in [3.8, 4) is 0 Å². The van der Waals surface area contributed by atoms with Gasteiger partial charge in [-0.05, 0) is 18.8 Å². The predicted octanol–water partition coefficient (Wildman–Crippen LogP) is 1.67. The second kappa shape index (κ2) is 2.86. The van der Waals surface area contributed by atoms with Gasteiger partial charge in [0.05, 0.1) is 5.92 Å². The summed E-state index contributed by atoms with van der Waals surface area (Å²) in [7, 11) is 0. The SMILES string of the molecule is C[C@@H]1CCC=C[C@@H]1C(=O)O. The quantitative estimate of drug-likeness (QED) is 0.562. The van der Waals surface area contributed by atoms with Crippen molar-refractivity contribution >= 4 is 5.97 Å². The number of carboxylic acids is 1. The Bertz CT molecular complexity index is 161. The average Bonchev–Trinajstić information content (AvgIpc) is 1.88. The van der Waals surface area contributed by atoms with E-state index >= 15 is 0 Å². The maximum absolute atomic E-state index is 10.5. The number of allylic oxidation sites excluding steroid dienone is 1. The Morgan fingerprint density at radius 1 is 1.70 bits per heavy atom. The highest BCUT2D eigenvalue weighted by molar-refractivity contribution is 5.72. The summed E-state index contributed by atoms with van der Waals surface area (Å²) in [6.07, 6.45) is 5.80. The molecule has 0 heterocycles. The van der Waals surface area contributed by atoms with Crippen LogP contribution in [0.25, 0.3) is 0 Å². The fraction of sp³-hybridized carbons (Fsp3) is 0.625. The Kier molecular flexibility index (Phi) is 2.10. The summed E-state index contributed by atoms with van der Waals surface area (Å²) in [6.45, 7) is 1.99. The van der Waals surface area contributed by atoms with E-state index in [9.17, 15) is 4.79 Å². The van der Waals surface area contributed by atoms with E-state index < -0.39 is 5.97 Å². The summed E-state index contributed by atoms with van der Waals surface area (Å²) in [5.41, 5.74) is 0. The first-order valence-electron chi connectivity index (χ1n) is 3.61. The van der Waals surface area contributed by atoms with Crippen molar-refractivity contribution in [1.82, 2.24) is 0 Å². The monoisotopic (exact) mass is 140 g/mol. The van der Waals surface area contributed by atoms with Crippen molar-refractivity contribution < 1.29 is 9.90 Å². The fourth-order valence-corrected chi connectivity index (χ4v) is 1.30. The molecule has 0 bridgehead atoms. The lowest BCUT2D eigenvalue weighted by molar-refractivity contribution is -0.141. The molecule has 0 unspecified atom stereocenters. The van der Waals surface area contributed by atoms with Crippen LogP contribution in [0, 0.1) is 11.8 Å². The molecule has 0 fully saturated rings. The number of hydrogen-bond acceptors (Lipinski definition) is 1. The molecule has 0 saturated heterocycles. The van der Waals surface area contributed by atoms with Crippen LogP contribution >= 0.6 is 0 Å². The molecule has 10 heavy (non-hydrogen) atoms. The smallest absolute Gasteiger partial charge is 0.310 e. The minimum atomic E-state index is -0.691. The Morgan fingerprint density at radius 2 is 2.40 bits per heavy atom. The van der Waals surface area contributed by atoms with Gasteiger partial charge in [-0.2, -0.15) is 0 Å².